The van der Waals surface area contributed by atoms with E-state index in [1.807, 2.05) is 6.08 Å². The molecule has 0 bridgehead atoms. The molecule has 0 aliphatic rings. The van der Waals surface area contributed by atoms with Gasteiger partial charge in [-0.1, -0.05) is 91.5 Å². The average Bonchev–Trinajstić information content (AvgIpc) is 2.82. The summed E-state index contributed by atoms with van der Waals surface area (Å²) < 4.78 is 0. The monoisotopic (exact) mass is 391 g/mol. The summed E-state index contributed by atoms with van der Waals surface area (Å²) in [6.45, 7) is 4.26. The first-order valence-corrected chi connectivity index (χ1v) is 11.6. The molecule has 0 nitrogen and oxygen atoms in total. The van der Waals surface area contributed by atoms with Crippen LogP contribution in [0.3, 0.4) is 0 Å². The number of benzene rings is 4. The topological polar surface area (TPSA) is 0 Å². The molecule has 1 heteroatoms. The molecular weight excluding hydrogens is 367 g/mol. The molecule has 0 saturated carbocycles. The van der Waals surface area contributed by atoms with Gasteiger partial charge in [0, 0.05) is 0 Å². The van der Waals surface area contributed by atoms with Gasteiger partial charge in [-0.2, -0.15) is 0 Å². The Morgan fingerprint density at radius 1 is 0.517 bits per heavy atom. The van der Waals surface area contributed by atoms with E-state index in [9.17, 15) is 0 Å². The van der Waals surface area contributed by atoms with E-state index in [2.05, 4.69) is 134 Å². The Balaban J connectivity index is 2.10. The molecule has 0 aliphatic carbocycles. The molecule has 0 N–H and O–H groups in total. The van der Waals surface area contributed by atoms with Crippen LogP contribution in [-0.4, -0.2) is 0 Å². The lowest BCUT2D eigenvalue weighted by molar-refractivity contribution is 1.65. The van der Waals surface area contributed by atoms with E-state index in [4.69, 9.17) is 0 Å². The Labute approximate surface area is 174 Å². The standard InChI is InChI=1S/C28H24P/c1-2-25(23-24-15-7-3-8-16-24)29(26-17-9-4-10-18-26,27-19-11-5-12-20-27)28-21-13-6-14-22-28/h2-23H,1H2/q+1/b25-23-. The number of hydrogen-bond donors (Lipinski definition) is 0. The number of rotatable bonds is 6. The van der Waals surface area contributed by atoms with Crippen LogP contribution in [0.4, 0.5) is 0 Å². The van der Waals surface area contributed by atoms with Crippen molar-refractivity contribution in [3.8, 4) is 0 Å². The first kappa shape index (κ1) is 19.1. The Kier molecular flexibility index (Phi) is 5.84. The zero-order chi connectivity index (χ0) is 19.9. The lowest BCUT2D eigenvalue weighted by Gasteiger charge is -2.28. The van der Waals surface area contributed by atoms with Gasteiger partial charge in [0.05, 0.1) is 0 Å². The summed E-state index contributed by atoms with van der Waals surface area (Å²) in [7, 11) is -2.09. The smallest absolute Gasteiger partial charge is 0.0951 e. The van der Waals surface area contributed by atoms with Crippen LogP contribution < -0.4 is 15.9 Å². The van der Waals surface area contributed by atoms with E-state index in [1.165, 1.54) is 26.8 Å². The van der Waals surface area contributed by atoms with Crippen LogP contribution >= 0.6 is 7.26 Å². The van der Waals surface area contributed by atoms with Crippen LogP contribution in [0.5, 0.6) is 0 Å². The van der Waals surface area contributed by atoms with E-state index in [1.54, 1.807) is 0 Å². The normalized spacial score (nSPS) is 11.8. The second-order valence-electron chi connectivity index (χ2n) is 6.86. The molecule has 0 heterocycles. The second-order valence-corrected chi connectivity index (χ2v) is 10.3. The Morgan fingerprint density at radius 3 is 1.21 bits per heavy atom. The van der Waals surface area contributed by atoms with E-state index in [-0.39, 0.29) is 0 Å². The van der Waals surface area contributed by atoms with Crippen molar-refractivity contribution in [2.45, 2.75) is 0 Å². The van der Waals surface area contributed by atoms with Gasteiger partial charge >= 0.3 is 0 Å². The molecule has 29 heavy (non-hydrogen) atoms. The molecule has 0 atom stereocenters. The van der Waals surface area contributed by atoms with Gasteiger partial charge in [0.25, 0.3) is 0 Å². The lowest BCUT2D eigenvalue weighted by Crippen LogP contribution is -2.31. The van der Waals surface area contributed by atoms with Crippen molar-refractivity contribution in [2.75, 3.05) is 0 Å². The predicted molar refractivity (Wildman–Crippen MR) is 130 cm³/mol. The molecule has 4 rings (SSSR count). The molecule has 140 valence electrons. The highest BCUT2D eigenvalue weighted by molar-refractivity contribution is 7.99. The maximum Gasteiger partial charge on any atom is 0.144 e. The van der Waals surface area contributed by atoms with Crippen molar-refractivity contribution in [3.63, 3.8) is 0 Å². The largest absolute Gasteiger partial charge is 0.144 e. The predicted octanol–water partition coefficient (Wildman–Crippen LogP) is 6.21. The van der Waals surface area contributed by atoms with Gasteiger partial charge in [-0.15, -0.1) is 0 Å². The molecule has 0 amide bonds. The summed E-state index contributed by atoms with van der Waals surface area (Å²) in [5, 5.41) is 5.26. The minimum absolute atomic E-state index is 1.19. The summed E-state index contributed by atoms with van der Waals surface area (Å²) in [5.41, 5.74) is 1.19. The van der Waals surface area contributed by atoms with Crippen molar-refractivity contribution in [3.05, 3.63) is 145 Å². The average molecular weight is 391 g/mol. The number of hydrogen-bond acceptors (Lipinski definition) is 0. The van der Waals surface area contributed by atoms with Crippen LogP contribution in [0.25, 0.3) is 6.08 Å². The van der Waals surface area contributed by atoms with E-state index >= 15 is 0 Å². The van der Waals surface area contributed by atoms with Crippen molar-refractivity contribution in [1.82, 2.24) is 0 Å². The third-order valence-corrected chi connectivity index (χ3v) is 9.45. The molecule has 0 fully saturated rings. The minimum Gasteiger partial charge on any atom is -0.0951 e. The maximum atomic E-state index is 4.26. The maximum absolute atomic E-state index is 4.26. The highest BCUT2D eigenvalue weighted by Crippen LogP contribution is 2.63. The molecule has 0 aliphatic heterocycles. The molecular formula is C28H24P+. The van der Waals surface area contributed by atoms with Crippen LogP contribution in [0.1, 0.15) is 5.56 Å². The van der Waals surface area contributed by atoms with Crippen molar-refractivity contribution in [1.29, 1.82) is 0 Å². The van der Waals surface area contributed by atoms with E-state index < -0.39 is 7.26 Å². The zero-order valence-electron chi connectivity index (χ0n) is 16.4. The molecule has 0 aromatic heterocycles. The highest BCUT2D eigenvalue weighted by Gasteiger charge is 2.48. The molecule has 0 radical (unpaired) electrons. The summed E-state index contributed by atoms with van der Waals surface area (Å²) in [4.78, 5) is 0. The molecule has 4 aromatic carbocycles. The first-order valence-electron chi connectivity index (χ1n) is 9.81. The van der Waals surface area contributed by atoms with Gasteiger partial charge in [0.15, 0.2) is 0 Å². The quantitative estimate of drug-likeness (QED) is 0.271. The third-order valence-electron chi connectivity index (χ3n) is 5.14. The van der Waals surface area contributed by atoms with E-state index in [0.717, 1.165) is 0 Å². The van der Waals surface area contributed by atoms with Crippen molar-refractivity contribution in [2.24, 2.45) is 0 Å². The van der Waals surface area contributed by atoms with Gasteiger partial charge in [0.2, 0.25) is 0 Å². The SMILES string of the molecule is C=C/C(=C/c1ccccc1)[P+](c1ccccc1)(c1ccccc1)c1ccccc1. The summed E-state index contributed by atoms with van der Waals surface area (Å²) >= 11 is 0. The molecule has 4 aromatic rings. The highest BCUT2D eigenvalue weighted by atomic mass is 31.2. The van der Waals surface area contributed by atoms with Gasteiger partial charge < -0.3 is 0 Å². The third kappa shape index (κ3) is 3.73. The fourth-order valence-corrected chi connectivity index (χ4v) is 8.13. The Hall–Kier alpha value is -3.21. The zero-order valence-corrected chi connectivity index (χ0v) is 17.3. The van der Waals surface area contributed by atoms with Crippen LogP contribution in [0.2, 0.25) is 0 Å². The van der Waals surface area contributed by atoms with Gasteiger partial charge in [-0.25, -0.2) is 0 Å². The second kappa shape index (κ2) is 8.86. The molecule has 0 saturated heterocycles. The molecule has 0 spiro atoms. The summed E-state index contributed by atoms with van der Waals surface area (Å²) in [5.74, 6) is 0. The first-order chi connectivity index (χ1) is 14.4. The van der Waals surface area contributed by atoms with Crippen LogP contribution in [0.15, 0.2) is 139 Å². The Bertz CT molecular complexity index is 985. The van der Waals surface area contributed by atoms with Crippen LogP contribution in [-0.2, 0) is 0 Å². The van der Waals surface area contributed by atoms with Gasteiger partial charge in [0.1, 0.15) is 28.5 Å². The minimum atomic E-state index is -2.09. The molecule has 0 unspecified atom stereocenters. The summed E-state index contributed by atoms with van der Waals surface area (Å²) in [6, 6.07) is 43.2. The van der Waals surface area contributed by atoms with Crippen molar-refractivity contribution < 1.29 is 0 Å². The van der Waals surface area contributed by atoms with Crippen LogP contribution in [0, 0.1) is 0 Å². The summed E-state index contributed by atoms with van der Waals surface area (Å²) in [6.07, 6.45) is 4.35. The lowest BCUT2D eigenvalue weighted by atomic mass is 10.2. The van der Waals surface area contributed by atoms with Gasteiger partial charge in [-0.3, -0.25) is 0 Å². The number of allylic oxidation sites excluding steroid dienone is 2. The van der Waals surface area contributed by atoms with E-state index in [0.29, 0.717) is 0 Å². The van der Waals surface area contributed by atoms with Crippen molar-refractivity contribution >= 4 is 29.3 Å². The fraction of sp³-hybridized carbons (Fsp3) is 0. The Morgan fingerprint density at radius 2 is 0.862 bits per heavy atom. The van der Waals surface area contributed by atoms with Gasteiger partial charge in [-0.05, 0) is 54.1 Å². The fourth-order valence-electron chi connectivity index (χ4n) is 3.86.